The third kappa shape index (κ3) is 8.19. The number of benzene rings is 2. The summed E-state index contributed by atoms with van der Waals surface area (Å²) in [6, 6.07) is 15.9. The van der Waals surface area contributed by atoms with Crippen LogP contribution in [0, 0.1) is 17.8 Å². The lowest BCUT2D eigenvalue weighted by Crippen LogP contribution is -2.23. The van der Waals surface area contributed by atoms with E-state index in [0.29, 0.717) is 17.8 Å². The summed E-state index contributed by atoms with van der Waals surface area (Å²) in [7, 11) is 0. The number of hydrogen-bond acceptors (Lipinski definition) is 3. The van der Waals surface area contributed by atoms with Crippen LogP contribution >= 0.6 is 0 Å². The number of rotatable bonds is 10. The second-order valence-electron chi connectivity index (χ2n) is 9.25. The molecule has 1 saturated carbocycles. The van der Waals surface area contributed by atoms with Gasteiger partial charge in [0.1, 0.15) is 5.75 Å². The van der Waals surface area contributed by atoms with Crippen molar-refractivity contribution < 1.29 is 14.3 Å². The van der Waals surface area contributed by atoms with Crippen LogP contribution in [0.1, 0.15) is 87.8 Å². The van der Waals surface area contributed by atoms with Crippen molar-refractivity contribution in [2.75, 3.05) is 6.61 Å². The van der Waals surface area contributed by atoms with Crippen molar-refractivity contribution in [2.24, 2.45) is 5.92 Å². The molecule has 0 amide bonds. The Bertz CT molecular complexity index is 954. The Hall–Kier alpha value is -2.83. The molecule has 180 valence electrons. The van der Waals surface area contributed by atoms with Gasteiger partial charge in [0.15, 0.2) is 0 Å². The predicted octanol–water partition coefficient (Wildman–Crippen LogP) is 7.44. The first kappa shape index (κ1) is 25.8. The lowest BCUT2D eigenvalue weighted by molar-refractivity contribution is -0.128. The van der Waals surface area contributed by atoms with Crippen LogP contribution in [0.5, 0.6) is 5.75 Å². The van der Waals surface area contributed by atoms with E-state index in [1.54, 1.807) is 12.1 Å². The van der Waals surface area contributed by atoms with E-state index in [9.17, 15) is 4.79 Å². The van der Waals surface area contributed by atoms with E-state index in [-0.39, 0.29) is 0 Å². The molecule has 0 heterocycles. The van der Waals surface area contributed by atoms with Gasteiger partial charge in [-0.1, -0.05) is 63.7 Å². The molecule has 3 heteroatoms. The fourth-order valence-electron chi connectivity index (χ4n) is 4.48. The Labute approximate surface area is 205 Å². The van der Waals surface area contributed by atoms with Crippen molar-refractivity contribution in [1.82, 2.24) is 0 Å². The van der Waals surface area contributed by atoms with Crippen LogP contribution in [0.2, 0.25) is 0 Å². The minimum Gasteiger partial charge on any atom is -0.423 e. The lowest BCUT2D eigenvalue weighted by atomic mass is 9.82. The molecule has 0 N–H and O–H groups in total. The second-order valence-corrected chi connectivity index (χ2v) is 9.25. The predicted molar refractivity (Wildman–Crippen MR) is 139 cm³/mol. The molecule has 1 unspecified atom stereocenters. The largest absolute Gasteiger partial charge is 0.423 e. The van der Waals surface area contributed by atoms with Crippen molar-refractivity contribution in [2.45, 2.75) is 77.2 Å². The zero-order chi connectivity index (χ0) is 24.2. The number of esters is 1. The summed E-state index contributed by atoms with van der Waals surface area (Å²) in [6.45, 7) is 8.88. The first-order valence-electron chi connectivity index (χ1n) is 12.8. The monoisotopic (exact) mass is 458 g/mol. The van der Waals surface area contributed by atoms with Gasteiger partial charge in [-0.15, -0.1) is 0 Å². The maximum absolute atomic E-state index is 11.3. The van der Waals surface area contributed by atoms with Gasteiger partial charge in [0, 0.05) is 23.8 Å². The molecule has 3 rings (SSSR count). The van der Waals surface area contributed by atoms with E-state index in [1.807, 2.05) is 12.1 Å². The summed E-state index contributed by atoms with van der Waals surface area (Å²) in [6.07, 6.45) is 11.4. The van der Waals surface area contributed by atoms with Crippen LogP contribution in [-0.4, -0.2) is 18.7 Å². The maximum Gasteiger partial charge on any atom is 0.335 e. The van der Waals surface area contributed by atoms with Gasteiger partial charge in [0.05, 0.1) is 6.10 Å². The van der Waals surface area contributed by atoms with Crippen molar-refractivity contribution in [3.63, 3.8) is 0 Å². The molecule has 2 aromatic carbocycles. The summed E-state index contributed by atoms with van der Waals surface area (Å²) in [4.78, 5) is 11.3. The Balaban J connectivity index is 1.46. The number of carbonyl (C=O) groups excluding carboxylic acids is 1. The highest BCUT2D eigenvalue weighted by Gasteiger charge is 2.23. The standard InChI is InChI=1S/C31H38O3/c1-4-7-8-24(5-2)23-33-29-21-17-28(18-22-29)27-15-11-25(12-16-27)9-10-26-13-19-30(20-14-26)34-31(32)6-3/h6,11-16,19-20,24,28-29H,3-5,7-8,17-18,21-23H2,1-2H3. The van der Waals surface area contributed by atoms with Crippen molar-refractivity contribution in [3.05, 3.63) is 77.9 Å². The first-order chi connectivity index (χ1) is 16.6. The van der Waals surface area contributed by atoms with E-state index < -0.39 is 5.97 Å². The molecule has 3 nitrogen and oxygen atoms in total. The normalized spacial score (nSPS) is 18.4. The van der Waals surface area contributed by atoms with Crippen LogP contribution in [0.4, 0.5) is 0 Å². The van der Waals surface area contributed by atoms with Crippen LogP contribution < -0.4 is 4.74 Å². The third-order valence-corrected chi connectivity index (χ3v) is 6.76. The van der Waals surface area contributed by atoms with Gasteiger partial charge < -0.3 is 9.47 Å². The number of ether oxygens (including phenoxy) is 2. The highest BCUT2D eigenvalue weighted by Crippen LogP contribution is 2.34. The number of hydrogen-bond donors (Lipinski definition) is 0. The summed E-state index contributed by atoms with van der Waals surface area (Å²) < 4.78 is 11.4. The van der Waals surface area contributed by atoms with Crippen LogP contribution in [0.25, 0.3) is 0 Å². The summed E-state index contributed by atoms with van der Waals surface area (Å²) in [5.41, 5.74) is 3.29. The second kappa shape index (κ2) is 13.8. The van der Waals surface area contributed by atoms with Crippen molar-refractivity contribution in [3.8, 4) is 17.6 Å². The molecule has 0 bridgehead atoms. The van der Waals surface area contributed by atoms with E-state index >= 15 is 0 Å². The van der Waals surface area contributed by atoms with Crippen molar-refractivity contribution >= 4 is 5.97 Å². The molecule has 34 heavy (non-hydrogen) atoms. The summed E-state index contributed by atoms with van der Waals surface area (Å²) in [5, 5.41) is 0. The van der Waals surface area contributed by atoms with Crippen molar-refractivity contribution in [1.29, 1.82) is 0 Å². The fourth-order valence-corrected chi connectivity index (χ4v) is 4.48. The molecule has 1 fully saturated rings. The van der Waals surface area contributed by atoms with Gasteiger partial charge in [-0.05, 0) is 85.9 Å². The van der Waals surface area contributed by atoms with E-state index in [1.165, 1.54) is 44.1 Å². The first-order valence-corrected chi connectivity index (χ1v) is 12.8. The van der Waals surface area contributed by atoms with Gasteiger partial charge in [-0.2, -0.15) is 0 Å². The molecule has 1 atom stereocenters. The SMILES string of the molecule is C=CC(=O)Oc1ccc(C#Cc2ccc(C3CCC(OCC(CC)CCCC)CC3)cc2)cc1. The summed E-state index contributed by atoms with van der Waals surface area (Å²) in [5.74, 6) is 7.76. The Kier molecular flexibility index (Phi) is 10.4. The van der Waals surface area contributed by atoms with E-state index in [0.717, 1.165) is 42.6 Å². The molecule has 0 aliphatic heterocycles. The number of unbranched alkanes of at least 4 members (excludes halogenated alkanes) is 1. The third-order valence-electron chi connectivity index (χ3n) is 6.76. The molecule has 1 aliphatic rings. The maximum atomic E-state index is 11.3. The van der Waals surface area contributed by atoms with Gasteiger partial charge >= 0.3 is 5.97 Å². The topological polar surface area (TPSA) is 35.5 Å². The van der Waals surface area contributed by atoms with Crippen LogP contribution in [-0.2, 0) is 9.53 Å². The minimum atomic E-state index is -0.465. The highest BCUT2D eigenvalue weighted by atomic mass is 16.5. The molecule has 0 aromatic heterocycles. The molecule has 0 radical (unpaired) electrons. The molecular weight excluding hydrogens is 420 g/mol. The Morgan fingerprint density at radius 1 is 1.00 bits per heavy atom. The van der Waals surface area contributed by atoms with Crippen LogP contribution in [0.15, 0.2) is 61.2 Å². The Morgan fingerprint density at radius 2 is 1.62 bits per heavy atom. The average Bonchev–Trinajstić information content (AvgIpc) is 2.89. The molecule has 0 spiro atoms. The summed E-state index contributed by atoms with van der Waals surface area (Å²) >= 11 is 0. The zero-order valence-corrected chi connectivity index (χ0v) is 20.7. The van der Waals surface area contributed by atoms with Gasteiger partial charge in [-0.3, -0.25) is 0 Å². The zero-order valence-electron chi connectivity index (χ0n) is 20.7. The quantitative estimate of drug-likeness (QED) is 0.161. The smallest absolute Gasteiger partial charge is 0.335 e. The number of carbonyl (C=O) groups is 1. The van der Waals surface area contributed by atoms with Gasteiger partial charge in [0.25, 0.3) is 0 Å². The highest BCUT2D eigenvalue weighted by molar-refractivity contribution is 5.83. The molecule has 0 saturated heterocycles. The molecule has 1 aliphatic carbocycles. The van der Waals surface area contributed by atoms with E-state index in [2.05, 4.69) is 56.5 Å². The van der Waals surface area contributed by atoms with Crippen LogP contribution in [0.3, 0.4) is 0 Å². The minimum absolute atomic E-state index is 0.434. The molecule has 2 aromatic rings. The van der Waals surface area contributed by atoms with Gasteiger partial charge in [-0.25, -0.2) is 4.79 Å². The average molecular weight is 459 g/mol. The van der Waals surface area contributed by atoms with Gasteiger partial charge in [0.2, 0.25) is 0 Å². The Morgan fingerprint density at radius 3 is 2.18 bits per heavy atom. The van der Waals surface area contributed by atoms with E-state index in [4.69, 9.17) is 9.47 Å². The lowest BCUT2D eigenvalue weighted by Gasteiger charge is -2.30. The fraction of sp³-hybridized carbons (Fsp3) is 0.452. The molecular formula is C31H38O3.